The Hall–Kier alpha value is -1.35. The van der Waals surface area contributed by atoms with Crippen molar-refractivity contribution in [2.45, 2.75) is 39.0 Å². The molecule has 3 nitrogen and oxygen atoms in total. The molecule has 1 aromatic carbocycles. The number of hydrogen-bond acceptors (Lipinski definition) is 3. The molecule has 1 aliphatic rings. The highest BCUT2D eigenvalue weighted by molar-refractivity contribution is 5.98. The first-order valence-corrected chi connectivity index (χ1v) is 7.78. The maximum absolute atomic E-state index is 12.4. The number of nitrogens with zero attached hydrogens (tertiary/aromatic N) is 1. The van der Waals surface area contributed by atoms with Gasteiger partial charge in [0.15, 0.2) is 5.78 Å². The van der Waals surface area contributed by atoms with Crippen LogP contribution < -0.4 is 4.74 Å². The first kappa shape index (κ1) is 15.0. The molecular weight excluding hydrogens is 250 g/mol. The number of ether oxygens (including phenoxy) is 1. The molecule has 1 aliphatic heterocycles. The van der Waals surface area contributed by atoms with E-state index in [1.54, 1.807) is 0 Å². The third-order valence-electron chi connectivity index (χ3n) is 3.75. The summed E-state index contributed by atoms with van der Waals surface area (Å²) in [7, 11) is 0. The third kappa shape index (κ3) is 4.34. The van der Waals surface area contributed by atoms with Gasteiger partial charge in [0.25, 0.3) is 0 Å². The van der Waals surface area contributed by atoms with E-state index in [0.717, 1.165) is 37.4 Å². The lowest BCUT2D eigenvalue weighted by atomic mass is 10.1. The largest absolute Gasteiger partial charge is 0.493 e. The van der Waals surface area contributed by atoms with Crippen LogP contribution in [0.3, 0.4) is 0 Å². The van der Waals surface area contributed by atoms with Crippen LogP contribution in [0.4, 0.5) is 0 Å². The van der Waals surface area contributed by atoms with Crippen molar-refractivity contribution >= 4 is 5.78 Å². The van der Waals surface area contributed by atoms with E-state index in [1.807, 2.05) is 24.3 Å². The third-order valence-corrected chi connectivity index (χ3v) is 3.75. The smallest absolute Gasteiger partial charge is 0.167 e. The van der Waals surface area contributed by atoms with Crippen molar-refractivity contribution in [1.29, 1.82) is 0 Å². The number of Topliss-reactive ketones (excluding diaryl/α,β-unsaturated/α-hetero) is 1. The molecule has 1 saturated heterocycles. The fourth-order valence-electron chi connectivity index (χ4n) is 2.61. The molecule has 1 fully saturated rings. The van der Waals surface area contributed by atoms with E-state index in [2.05, 4.69) is 11.8 Å². The number of rotatable bonds is 7. The van der Waals surface area contributed by atoms with Gasteiger partial charge in [-0.15, -0.1) is 0 Å². The molecule has 0 aliphatic carbocycles. The minimum atomic E-state index is 0.197. The van der Waals surface area contributed by atoms with Crippen LogP contribution in [-0.4, -0.2) is 36.9 Å². The summed E-state index contributed by atoms with van der Waals surface area (Å²) >= 11 is 0. The standard InChI is InChI=1S/C17H25NO2/c1-2-14-20-17-9-5-4-8-15(17)16(19)10-13-18-11-6-3-7-12-18/h4-5,8-9H,2-3,6-7,10-14H2,1H3. The Morgan fingerprint density at radius 2 is 1.95 bits per heavy atom. The molecule has 20 heavy (non-hydrogen) atoms. The van der Waals surface area contributed by atoms with E-state index < -0.39 is 0 Å². The molecule has 0 spiro atoms. The number of para-hydroxylation sites is 1. The van der Waals surface area contributed by atoms with Crippen molar-refractivity contribution in [2.24, 2.45) is 0 Å². The van der Waals surface area contributed by atoms with Gasteiger partial charge in [0.1, 0.15) is 5.75 Å². The van der Waals surface area contributed by atoms with Crippen molar-refractivity contribution in [3.05, 3.63) is 29.8 Å². The Balaban J connectivity index is 1.90. The Morgan fingerprint density at radius 3 is 2.70 bits per heavy atom. The molecule has 0 radical (unpaired) electrons. The zero-order chi connectivity index (χ0) is 14.2. The summed E-state index contributed by atoms with van der Waals surface area (Å²) in [5.74, 6) is 0.931. The summed E-state index contributed by atoms with van der Waals surface area (Å²) in [5, 5.41) is 0. The Labute approximate surface area is 121 Å². The van der Waals surface area contributed by atoms with E-state index >= 15 is 0 Å². The minimum absolute atomic E-state index is 0.197. The molecule has 110 valence electrons. The average Bonchev–Trinajstić information content (AvgIpc) is 2.52. The number of ketones is 1. The number of hydrogen-bond donors (Lipinski definition) is 0. The van der Waals surface area contributed by atoms with Crippen LogP contribution >= 0.6 is 0 Å². The van der Waals surface area contributed by atoms with E-state index in [1.165, 1.54) is 19.3 Å². The molecule has 0 aromatic heterocycles. The molecule has 0 atom stereocenters. The monoisotopic (exact) mass is 275 g/mol. The second-order valence-electron chi connectivity index (χ2n) is 5.42. The zero-order valence-electron chi connectivity index (χ0n) is 12.4. The first-order valence-electron chi connectivity index (χ1n) is 7.78. The fourth-order valence-corrected chi connectivity index (χ4v) is 2.61. The molecule has 1 heterocycles. The van der Waals surface area contributed by atoms with Gasteiger partial charge in [-0.25, -0.2) is 0 Å². The summed E-state index contributed by atoms with van der Waals surface area (Å²) in [6.45, 7) is 5.89. The molecule has 0 N–H and O–H groups in total. The predicted molar refractivity (Wildman–Crippen MR) is 81.5 cm³/mol. The summed E-state index contributed by atoms with van der Waals surface area (Å²) in [6.07, 6.45) is 5.41. The van der Waals surface area contributed by atoms with Gasteiger partial charge < -0.3 is 9.64 Å². The van der Waals surface area contributed by atoms with Gasteiger partial charge in [-0.3, -0.25) is 4.79 Å². The van der Waals surface area contributed by atoms with Crippen molar-refractivity contribution in [3.63, 3.8) is 0 Å². The van der Waals surface area contributed by atoms with Crippen LogP contribution in [-0.2, 0) is 0 Å². The van der Waals surface area contributed by atoms with Gasteiger partial charge in [-0.1, -0.05) is 25.5 Å². The number of likely N-dealkylation sites (tertiary alicyclic amines) is 1. The quantitative estimate of drug-likeness (QED) is 0.713. The fraction of sp³-hybridized carbons (Fsp3) is 0.588. The molecule has 2 rings (SSSR count). The van der Waals surface area contributed by atoms with Crippen LogP contribution in [0.2, 0.25) is 0 Å². The van der Waals surface area contributed by atoms with Gasteiger partial charge in [0.2, 0.25) is 0 Å². The second-order valence-corrected chi connectivity index (χ2v) is 5.42. The SMILES string of the molecule is CCCOc1ccccc1C(=O)CCN1CCCCC1. The van der Waals surface area contributed by atoms with E-state index in [0.29, 0.717) is 13.0 Å². The number of piperidine rings is 1. The van der Waals surface area contributed by atoms with Crippen molar-refractivity contribution in [3.8, 4) is 5.75 Å². The maximum Gasteiger partial charge on any atom is 0.167 e. The highest BCUT2D eigenvalue weighted by atomic mass is 16.5. The van der Waals surface area contributed by atoms with Gasteiger partial charge in [-0.2, -0.15) is 0 Å². The lowest BCUT2D eigenvalue weighted by molar-refractivity contribution is 0.0954. The molecule has 1 aromatic rings. The van der Waals surface area contributed by atoms with Gasteiger partial charge >= 0.3 is 0 Å². The lowest BCUT2D eigenvalue weighted by Gasteiger charge is -2.26. The molecule has 0 bridgehead atoms. The molecule has 0 amide bonds. The minimum Gasteiger partial charge on any atom is -0.493 e. The van der Waals surface area contributed by atoms with E-state index in [4.69, 9.17) is 4.74 Å². The van der Waals surface area contributed by atoms with Crippen LogP contribution in [0.25, 0.3) is 0 Å². The van der Waals surface area contributed by atoms with E-state index in [9.17, 15) is 4.79 Å². The van der Waals surface area contributed by atoms with Crippen molar-refractivity contribution in [2.75, 3.05) is 26.2 Å². The normalized spacial score (nSPS) is 16.1. The summed E-state index contributed by atoms with van der Waals surface area (Å²) in [5.41, 5.74) is 0.734. The van der Waals surface area contributed by atoms with Gasteiger partial charge in [0.05, 0.1) is 12.2 Å². The van der Waals surface area contributed by atoms with Crippen molar-refractivity contribution in [1.82, 2.24) is 4.90 Å². The Morgan fingerprint density at radius 1 is 1.20 bits per heavy atom. The number of benzene rings is 1. The summed E-state index contributed by atoms with van der Waals surface area (Å²) in [4.78, 5) is 14.8. The van der Waals surface area contributed by atoms with Gasteiger partial charge in [-0.05, 0) is 44.5 Å². The van der Waals surface area contributed by atoms with Crippen LogP contribution in [0.15, 0.2) is 24.3 Å². The molecule has 3 heteroatoms. The Bertz CT molecular complexity index is 425. The summed E-state index contributed by atoms with van der Waals surface area (Å²) < 4.78 is 5.66. The lowest BCUT2D eigenvalue weighted by Crippen LogP contribution is -2.31. The maximum atomic E-state index is 12.4. The summed E-state index contributed by atoms with van der Waals surface area (Å²) in [6, 6.07) is 7.60. The number of carbonyl (C=O) groups is 1. The van der Waals surface area contributed by atoms with Crippen LogP contribution in [0.5, 0.6) is 5.75 Å². The van der Waals surface area contributed by atoms with Crippen molar-refractivity contribution < 1.29 is 9.53 Å². The highest BCUT2D eigenvalue weighted by Gasteiger charge is 2.15. The van der Waals surface area contributed by atoms with Crippen LogP contribution in [0.1, 0.15) is 49.4 Å². The van der Waals surface area contributed by atoms with Crippen LogP contribution in [0, 0.1) is 0 Å². The van der Waals surface area contributed by atoms with Gasteiger partial charge in [0, 0.05) is 13.0 Å². The molecular formula is C17H25NO2. The first-order chi connectivity index (χ1) is 9.81. The predicted octanol–water partition coefficient (Wildman–Crippen LogP) is 3.53. The molecule has 0 unspecified atom stereocenters. The number of carbonyl (C=O) groups excluding carboxylic acids is 1. The average molecular weight is 275 g/mol. The second kappa shape index (κ2) is 8.05. The Kier molecular flexibility index (Phi) is 6.06. The zero-order valence-corrected chi connectivity index (χ0v) is 12.4. The van der Waals surface area contributed by atoms with E-state index in [-0.39, 0.29) is 5.78 Å². The topological polar surface area (TPSA) is 29.5 Å². The molecule has 0 saturated carbocycles. The highest BCUT2D eigenvalue weighted by Crippen LogP contribution is 2.20.